The van der Waals surface area contributed by atoms with E-state index >= 15 is 0 Å². The average molecular weight is 349 g/mol. The van der Waals surface area contributed by atoms with Crippen LogP contribution < -0.4 is 10.2 Å². The van der Waals surface area contributed by atoms with Gasteiger partial charge in [-0.25, -0.2) is 4.39 Å². The normalized spacial score (nSPS) is 14.5. The summed E-state index contributed by atoms with van der Waals surface area (Å²) in [6.45, 7) is 2.92. The average Bonchev–Trinajstić information content (AvgIpc) is 3.02. The number of hydrogen-bond donors (Lipinski definition) is 1. The first-order valence-corrected chi connectivity index (χ1v) is 8.05. The lowest BCUT2D eigenvalue weighted by Crippen LogP contribution is -2.17. The maximum atomic E-state index is 13.7. The van der Waals surface area contributed by atoms with E-state index in [1.165, 1.54) is 24.6 Å². The molecule has 0 spiro atoms. The van der Waals surface area contributed by atoms with Gasteiger partial charge >= 0.3 is 0 Å². The molecule has 1 aliphatic heterocycles. The smallest absolute Gasteiger partial charge is 0.147 e. The second-order valence-corrected chi connectivity index (χ2v) is 6.17. The van der Waals surface area contributed by atoms with Crippen molar-refractivity contribution in [3.05, 3.63) is 58.3 Å². The molecule has 0 aliphatic carbocycles. The molecule has 0 unspecified atom stereocenters. The van der Waals surface area contributed by atoms with E-state index in [-0.39, 0.29) is 5.82 Å². The van der Waals surface area contributed by atoms with E-state index < -0.39 is 0 Å². The van der Waals surface area contributed by atoms with Crippen molar-refractivity contribution in [1.29, 1.82) is 0 Å². The molecule has 0 atom stereocenters. The van der Waals surface area contributed by atoms with E-state index in [0.29, 0.717) is 12.2 Å². The molecule has 2 aromatic rings. The van der Waals surface area contributed by atoms with Crippen molar-refractivity contribution < 1.29 is 4.39 Å². The highest BCUT2D eigenvalue weighted by atomic mass is 79.9. The van der Waals surface area contributed by atoms with Crippen LogP contribution in [-0.4, -0.2) is 13.1 Å². The minimum absolute atomic E-state index is 0.238. The minimum atomic E-state index is -0.238. The number of hydrogen-bond acceptors (Lipinski definition) is 2. The summed E-state index contributed by atoms with van der Waals surface area (Å²) in [5.74, 6) is -0.238. The zero-order chi connectivity index (χ0) is 14.7. The number of anilines is 2. The molecule has 0 aromatic heterocycles. The number of rotatable bonds is 4. The molecular weight excluding hydrogens is 331 g/mol. The summed E-state index contributed by atoms with van der Waals surface area (Å²) < 4.78 is 14.5. The van der Waals surface area contributed by atoms with Crippen LogP contribution in [0.25, 0.3) is 0 Å². The fourth-order valence-corrected chi connectivity index (χ4v) is 3.14. The van der Waals surface area contributed by atoms with Crippen LogP contribution >= 0.6 is 15.9 Å². The highest BCUT2D eigenvalue weighted by Gasteiger charge is 2.12. The Bertz CT molecular complexity index is 586. The Morgan fingerprint density at radius 2 is 1.76 bits per heavy atom. The predicted octanol–water partition coefficient (Wildman–Crippen LogP) is 4.80. The van der Waals surface area contributed by atoms with Crippen molar-refractivity contribution in [3.63, 3.8) is 0 Å². The number of para-hydroxylation sites is 1. The molecule has 1 saturated heterocycles. The van der Waals surface area contributed by atoms with E-state index in [1.807, 2.05) is 6.07 Å². The quantitative estimate of drug-likeness (QED) is 0.853. The van der Waals surface area contributed by atoms with Crippen LogP contribution in [0.1, 0.15) is 18.4 Å². The first-order chi connectivity index (χ1) is 10.2. The summed E-state index contributed by atoms with van der Waals surface area (Å²) in [4.78, 5) is 2.41. The van der Waals surface area contributed by atoms with Gasteiger partial charge in [0.1, 0.15) is 5.82 Å². The van der Waals surface area contributed by atoms with Crippen molar-refractivity contribution in [2.75, 3.05) is 23.3 Å². The zero-order valence-electron chi connectivity index (χ0n) is 11.8. The van der Waals surface area contributed by atoms with Gasteiger partial charge in [-0.05, 0) is 58.6 Å². The first-order valence-electron chi connectivity index (χ1n) is 7.26. The molecule has 21 heavy (non-hydrogen) atoms. The SMILES string of the molecule is Fc1cccc(Br)c1NCc1ccc(N2CCCC2)cc1. The minimum Gasteiger partial charge on any atom is -0.378 e. The van der Waals surface area contributed by atoms with Crippen molar-refractivity contribution in [2.45, 2.75) is 19.4 Å². The van der Waals surface area contributed by atoms with E-state index in [9.17, 15) is 4.39 Å². The largest absolute Gasteiger partial charge is 0.378 e. The van der Waals surface area contributed by atoms with Gasteiger partial charge in [0.15, 0.2) is 0 Å². The van der Waals surface area contributed by atoms with Crippen LogP contribution in [-0.2, 0) is 6.54 Å². The molecule has 0 amide bonds. The Balaban J connectivity index is 1.65. The van der Waals surface area contributed by atoms with Crippen molar-refractivity contribution in [2.24, 2.45) is 0 Å². The molecule has 3 rings (SSSR count). The van der Waals surface area contributed by atoms with Crippen molar-refractivity contribution >= 4 is 27.3 Å². The molecule has 1 N–H and O–H groups in total. The summed E-state index contributed by atoms with van der Waals surface area (Å²) in [6, 6.07) is 13.5. The van der Waals surface area contributed by atoms with Gasteiger partial charge < -0.3 is 10.2 Å². The lowest BCUT2D eigenvalue weighted by molar-refractivity contribution is 0.629. The third-order valence-electron chi connectivity index (χ3n) is 3.84. The van der Waals surface area contributed by atoms with Gasteiger partial charge in [0.25, 0.3) is 0 Å². The monoisotopic (exact) mass is 348 g/mol. The van der Waals surface area contributed by atoms with E-state index in [0.717, 1.165) is 23.1 Å². The van der Waals surface area contributed by atoms with Gasteiger partial charge in [0.05, 0.1) is 5.69 Å². The fourth-order valence-electron chi connectivity index (χ4n) is 2.66. The molecular formula is C17H18BrFN2. The van der Waals surface area contributed by atoms with Gasteiger partial charge in [0, 0.05) is 29.8 Å². The van der Waals surface area contributed by atoms with Gasteiger partial charge in [-0.2, -0.15) is 0 Å². The Labute approximate surface area is 133 Å². The van der Waals surface area contributed by atoms with Gasteiger partial charge in [-0.15, -0.1) is 0 Å². The fraction of sp³-hybridized carbons (Fsp3) is 0.294. The van der Waals surface area contributed by atoms with Crippen LogP contribution in [0, 0.1) is 5.82 Å². The predicted molar refractivity (Wildman–Crippen MR) is 89.3 cm³/mol. The van der Waals surface area contributed by atoms with E-state index in [4.69, 9.17) is 0 Å². The number of benzene rings is 2. The molecule has 1 heterocycles. The third kappa shape index (κ3) is 3.38. The number of nitrogens with zero attached hydrogens (tertiary/aromatic N) is 1. The van der Waals surface area contributed by atoms with Gasteiger partial charge in [-0.1, -0.05) is 18.2 Å². The van der Waals surface area contributed by atoms with Crippen LogP contribution in [0.2, 0.25) is 0 Å². The molecule has 4 heteroatoms. The molecule has 0 saturated carbocycles. The standard InChI is InChI=1S/C17H18BrFN2/c18-15-4-3-5-16(19)17(15)20-12-13-6-8-14(9-7-13)21-10-1-2-11-21/h3-9,20H,1-2,10-12H2. The van der Waals surface area contributed by atoms with E-state index in [1.54, 1.807) is 6.07 Å². The summed E-state index contributed by atoms with van der Waals surface area (Å²) in [5.41, 5.74) is 2.94. The Kier molecular flexibility index (Phi) is 4.44. The van der Waals surface area contributed by atoms with Crippen molar-refractivity contribution in [1.82, 2.24) is 0 Å². The lowest BCUT2D eigenvalue weighted by Gasteiger charge is -2.18. The summed E-state index contributed by atoms with van der Waals surface area (Å²) in [7, 11) is 0. The Morgan fingerprint density at radius 3 is 2.43 bits per heavy atom. The second kappa shape index (κ2) is 6.48. The van der Waals surface area contributed by atoms with Crippen LogP contribution in [0.4, 0.5) is 15.8 Å². The van der Waals surface area contributed by atoms with Gasteiger partial charge in [-0.3, -0.25) is 0 Å². The third-order valence-corrected chi connectivity index (χ3v) is 4.50. The highest BCUT2D eigenvalue weighted by Crippen LogP contribution is 2.26. The topological polar surface area (TPSA) is 15.3 Å². The molecule has 1 aliphatic rings. The highest BCUT2D eigenvalue weighted by molar-refractivity contribution is 9.10. The van der Waals surface area contributed by atoms with Gasteiger partial charge in [0.2, 0.25) is 0 Å². The molecule has 0 radical (unpaired) electrons. The van der Waals surface area contributed by atoms with Crippen molar-refractivity contribution in [3.8, 4) is 0 Å². The maximum Gasteiger partial charge on any atom is 0.147 e. The lowest BCUT2D eigenvalue weighted by atomic mass is 10.2. The summed E-state index contributed by atoms with van der Waals surface area (Å²) in [6.07, 6.45) is 2.56. The maximum absolute atomic E-state index is 13.7. The molecule has 1 fully saturated rings. The molecule has 110 valence electrons. The summed E-state index contributed by atoms with van der Waals surface area (Å²) >= 11 is 3.37. The molecule has 2 aromatic carbocycles. The van der Waals surface area contributed by atoms with Crippen LogP contribution in [0.3, 0.4) is 0 Å². The second-order valence-electron chi connectivity index (χ2n) is 5.31. The number of halogens is 2. The number of nitrogens with one attached hydrogen (secondary N) is 1. The first kappa shape index (κ1) is 14.4. The molecule has 0 bridgehead atoms. The summed E-state index contributed by atoms with van der Waals surface area (Å²) in [5, 5.41) is 3.15. The zero-order valence-corrected chi connectivity index (χ0v) is 13.4. The Hall–Kier alpha value is -1.55. The van der Waals surface area contributed by atoms with Crippen LogP contribution in [0.15, 0.2) is 46.9 Å². The van der Waals surface area contributed by atoms with Crippen LogP contribution in [0.5, 0.6) is 0 Å². The van der Waals surface area contributed by atoms with E-state index in [2.05, 4.69) is 50.4 Å². The Morgan fingerprint density at radius 1 is 1.05 bits per heavy atom. The molecule has 2 nitrogen and oxygen atoms in total.